The summed E-state index contributed by atoms with van der Waals surface area (Å²) in [7, 11) is 0. The Kier molecular flexibility index (Phi) is 6.59. The Labute approximate surface area is 184 Å². The largest absolute Gasteiger partial charge is 0.431 e. The van der Waals surface area contributed by atoms with Gasteiger partial charge in [0.05, 0.1) is 12.2 Å². The number of carbonyl (C=O) groups is 2. The van der Waals surface area contributed by atoms with Gasteiger partial charge in [0.1, 0.15) is 5.69 Å². The quantitative estimate of drug-likeness (QED) is 0.420. The average Bonchev–Trinajstić information content (AvgIpc) is 3.24. The number of thioether (sulfide) groups is 1. The van der Waals surface area contributed by atoms with Gasteiger partial charge in [-0.3, -0.25) is 14.9 Å². The Morgan fingerprint density at radius 1 is 0.774 bits per heavy atom. The fourth-order valence-electron chi connectivity index (χ4n) is 3.08. The Bertz CT molecular complexity index is 1100. The highest BCUT2D eigenvalue weighted by atomic mass is 32.2. The number of imide groups is 1. The van der Waals surface area contributed by atoms with E-state index in [0.29, 0.717) is 11.0 Å². The molecule has 0 aliphatic heterocycles. The zero-order valence-electron chi connectivity index (χ0n) is 16.7. The molecule has 2 amide bonds. The third-order valence-electron chi connectivity index (χ3n) is 4.50. The third-order valence-corrected chi connectivity index (χ3v) is 5.33. The summed E-state index contributed by atoms with van der Waals surface area (Å²) >= 11 is 1.16. The van der Waals surface area contributed by atoms with E-state index in [9.17, 15) is 9.59 Å². The maximum atomic E-state index is 12.2. The van der Waals surface area contributed by atoms with Gasteiger partial charge in [0, 0.05) is 11.1 Å². The lowest BCUT2D eigenvalue weighted by Crippen LogP contribution is -2.33. The number of oxazole rings is 1. The molecule has 0 aliphatic rings. The summed E-state index contributed by atoms with van der Waals surface area (Å²) in [6, 6.07) is 28.8. The van der Waals surface area contributed by atoms with Crippen LogP contribution in [0.25, 0.3) is 22.6 Å². The highest BCUT2D eigenvalue weighted by Gasteiger charge is 2.18. The molecule has 0 fully saturated rings. The first-order valence-corrected chi connectivity index (χ1v) is 10.8. The fraction of sp³-hybridized carbons (Fsp3) is 0.0800. The first kappa shape index (κ1) is 20.6. The Morgan fingerprint density at radius 3 is 2.00 bits per heavy atom. The predicted octanol–water partition coefficient (Wildman–Crippen LogP) is 4.99. The molecule has 0 unspecified atom stereocenters. The molecule has 31 heavy (non-hydrogen) atoms. The highest BCUT2D eigenvalue weighted by Crippen LogP contribution is 2.35. The summed E-state index contributed by atoms with van der Waals surface area (Å²) in [6.45, 7) is 0. The number of nitrogens with one attached hydrogen (secondary N) is 1. The van der Waals surface area contributed by atoms with Crippen molar-refractivity contribution in [1.29, 1.82) is 0 Å². The molecular weight excluding hydrogens is 408 g/mol. The first-order valence-electron chi connectivity index (χ1n) is 9.80. The molecule has 0 saturated heterocycles. The molecule has 154 valence electrons. The van der Waals surface area contributed by atoms with Crippen molar-refractivity contribution in [3.8, 4) is 22.6 Å². The summed E-state index contributed by atoms with van der Waals surface area (Å²) in [4.78, 5) is 28.9. The minimum absolute atomic E-state index is 0.0313. The molecule has 0 radical (unpaired) electrons. The lowest BCUT2D eigenvalue weighted by Gasteiger charge is -2.03. The number of aromatic nitrogens is 1. The lowest BCUT2D eigenvalue weighted by atomic mass is 10.1. The Hall–Kier alpha value is -3.64. The molecule has 6 heteroatoms. The highest BCUT2D eigenvalue weighted by molar-refractivity contribution is 7.99. The second-order valence-electron chi connectivity index (χ2n) is 6.81. The number of benzene rings is 3. The van der Waals surface area contributed by atoms with E-state index in [4.69, 9.17) is 4.42 Å². The number of amides is 2. The van der Waals surface area contributed by atoms with Crippen molar-refractivity contribution in [2.75, 3.05) is 5.75 Å². The fourth-order valence-corrected chi connectivity index (χ4v) is 3.71. The van der Waals surface area contributed by atoms with Crippen LogP contribution in [0.15, 0.2) is 101 Å². The van der Waals surface area contributed by atoms with E-state index in [2.05, 4.69) is 10.3 Å². The van der Waals surface area contributed by atoms with Crippen molar-refractivity contribution in [2.24, 2.45) is 0 Å². The molecule has 3 aromatic carbocycles. The molecule has 0 saturated carbocycles. The monoisotopic (exact) mass is 428 g/mol. The lowest BCUT2D eigenvalue weighted by molar-refractivity contribution is -0.128. The summed E-state index contributed by atoms with van der Waals surface area (Å²) in [5, 5.41) is 2.79. The maximum absolute atomic E-state index is 12.2. The van der Waals surface area contributed by atoms with Gasteiger partial charge in [-0.2, -0.15) is 0 Å². The maximum Gasteiger partial charge on any atom is 0.257 e. The minimum atomic E-state index is -0.383. The van der Waals surface area contributed by atoms with E-state index in [0.717, 1.165) is 34.1 Å². The van der Waals surface area contributed by atoms with Gasteiger partial charge in [-0.05, 0) is 5.56 Å². The second kappa shape index (κ2) is 9.91. The summed E-state index contributed by atoms with van der Waals surface area (Å²) in [5.74, 6) is -0.0376. The first-order chi connectivity index (χ1) is 15.2. The van der Waals surface area contributed by atoms with E-state index in [1.54, 1.807) is 0 Å². The molecule has 0 atom stereocenters. The second-order valence-corrected chi connectivity index (χ2v) is 7.74. The summed E-state index contributed by atoms with van der Waals surface area (Å²) in [5.41, 5.74) is 3.41. The van der Waals surface area contributed by atoms with Crippen LogP contribution in [0.2, 0.25) is 0 Å². The van der Waals surface area contributed by atoms with Crippen molar-refractivity contribution in [3.05, 3.63) is 96.6 Å². The van der Waals surface area contributed by atoms with Crippen LogP contribution in [0, 0.1) is 0 Å². The number of nitrogens with zero attached hydrogens (tertiary/aromatic N) is 1. The van der Waals surface area contributed by atoms with Crippen molar-refractivity contribution in [1.82, 2.24) is 10.3 Å². The summed E-state index contributed by atoms with van der Waals surface area (Å²) in [6.07, 6.45) is 0.159. The van der Waals surface area contributed by atoms with E-state index < -0.39 is 0 Å². The van der Waals surface area contributed by atoms with Crippen LogP contribution in [0.1, 0.15) is 5.56 Å². The van der Waals surface area contributed by atoms with Crippen LogP contribution < -0.4 is 5.32 Å². The van der Waals surface area contributed by atoms with Gasteiger partial charge < -0.3 is 4.42 Å². The van der Waals surface area contributed by atoms with Gasteiger partial charge in [-0.25, -0.2) is 4.98 Å². The van der Waals surface area contributed by atoms with E-state index in [1.165, 1.54) is 0 Å². The van der Waals surface area contributed by atoms with Crippen molar-refractivity contribution in [3.63, 3.8) is 0 Å². The molecule has 4 aromatic rings. The van der Waals surface area contributed by atoms with Crippen LogP contribution >= 0.6 is 11.8 Å². The van der Waals surface area contributed by atoms with Crippen LogP contribution in [0.4, 0.5) is 0 Å². The van der Waals surface area contributed by atoms with Gasteiger partial charge in [-0.1, -0.05) is 103 Å². The van der Waals surface area contributed by atoms with Gasteiger partial charge in [0.15, 0.2) is 5.76 Å². The Morgan fingerprint density at radius 2 is 1.35 bits per heavy atom. The van der Waals surface area contributed by atoms with Crippen LogP contribution in [-0.2, 0) is 16.0 Å². The standard InChI is InChI=1S/C25H20N2O3S/c28-21(16-18-10-4-1-5-11-18)26-22(29)17-31-25-27-23(19-12-6-2-7-13-19)24(30-25)20-14-8-3-9-15-20/h1-15H,16-17H2,(H,26,28,29). The average molecular weight is 429 g/mol. The molecular formula is C25H20N2O3S. The molecule has 1 aromatic heterocycles. The van der Waals surface area contributed by atoms with Crippen LogP contribution in [0.3, 0.4) is 0 Å². The van der Waals surface area contributed by atoms with Crippen molar-refractivity contribution >= 4 is 23.6 Å². The molecule has 5 nitrogen and oxygen atoms in total. The predicted molar refractivity (Wildman–Crippen MR) is 121 cm³/mol. The number of carbonyl (C=O) groups excluding carboxylic acids is 2. The molecule has 4 rings (SSSR count). The van der Waals surface area contributed by atoms with Crippen LogP contribution in [-0.4, -0.2) is 22.6 Å². The number of hydrogen-bond acceptors (Lipinski definition) is 5. The van der Waals surface area contributed by atoms with E-state index in [1.807, 2.05) is 91.0 Å². The molecule has 1 heterocycles. The van der Waals surface area contributed by atoms with Crippen molar-refractivity contribution < 1.29 is 14.0 Å². The van der Waals surface area contributed by atoms with E-state index in [-0.39, 0.29) is 24.0 Å². The van der Waals surface area contributed by atoms with Gasteiger partial charge in [0.25, 0.3) is 5.22 Å². The van der Waals surface area contributed by atoms with E-state index >= 15 is 0 Å². The van der Waals surface area contributed by atoms with Gasteiger partial charge >= 0.3 is 0 Å². The zero-order valence-corrected chi connectivity index (χ0v) is 17.5. The van der Waals surface area contributed by atoms with Gasteiger partial charge in [0.2, 0.25) is 11.8 Å². The Balaban J connectivity index is 1.44. The normalized spacial score (nSPS) is 10.6. The molecule has 0 aliphatic carbocycles. The number of hydrogen-bond donors (Lipinski definition) is 1. The molecule has 0 spiro atoms. The SMILES string of the molecule is O=C(CSc1nc(-c2ccccc2)c(-c2ccccc2)o1)NC(=O)Cc1ccccc1. The van der Waals surface area contributed by atoms with Crippen molar-refractivity contribution in [2.45, 2.75) is 11.6 Å². The minimum Gasteiger partial charge on any atom is -0.431 e. The zero-order chi connectivity index (χ0) is 21.5. The number of rotatable bonds is 7. The molecule has 0 bridgehead atoms. The topological polar surface area (TPSA) is 72.2 Å². The van der Waals surface area contributed by atoms with Crippen LogP contribution in [0.5, 0.6) is 0 Å². The molecule has 1 N–H and O–H groups in total. The summed E-state index contributed by atoms with van der Waals surface area (Å²) < 4.78 is 5.99. The smallest absolute Gasteiger partial charge is 0.257 e. The van der Waals surface area contributed by atoms with Gasteiger partial charge in [-0.15, -0.1) is 0 Å². The third kappa shape index (κ3) is 5.49.